The van der Waals surface area contributed by atoms with E-state index in [9.17, 15) is 0 Å². The maximum Gasteiger partial charge on any atom is 0.103 e. The van der Waals surface area contributed by atoms with Gasteiger partial charge in [0.2, 0.25) is 0 Å². The van der Waals surface area contributed by atoms with E-state index < -0.39 is 0 Å². The lowest BCUT2D eigenvalue weighted by Gasteiger charge is -2.14. The number of nitrogens with one attached hydrogen (secondary N) is 1. The van der Waals surface area contributed by atoms with Crippen molar-refractivity contribution in [2.45, 2.75) is 25.3 Å². The molecule has 2 rings (SSSR count). The molecule has 1 atom stereocenters. The van der Waals surface area contributed by atoms with Gasteiger partial charge in [-0.2, -0.15) is 0 Å². The van der Waals surface area contributed by atoms with Crippen LogP contribution in [0.1, 0.15) is 17.9 Å². The number of aryl methyl sites for hydroxylation is 1. The Morgan fingerprint density at radius 1 is 1.39 bits per heavy atom. The molecule has 5 heteroatoms. The summed E-state index contributed by atoms with van der Waals surface area (Å²) in [6.07, 6.45) is 6.09. The smallest absolute Gasteiger partial charge is 0.103 e. The molecule has 0 amide bonds. The summed E-state index contributed by atoms with van der Waals surface area (Å²) >= 11 is 3.37. The lowest BCUT2D eigenvalue weighted by atomic mass is 10.1. The summed E-state index contributed by atoms with van der Waals surface area (Å²) in [6, 6.07) is 8.06. The first kappa shape index (κ1) is 13.3. The van der Waals surface area contributed by atoms with E-state index in [1.807, 2.05) is 24.3 Å². The van der Waals surface area contributed by atoms with E-state index in [1.165, 1.54) is 0 Å². The zero-order valence-corrected chi connectivity index (χ0v) is 11.6. The Hall–Kier alpha value is -1.17. The molecule has 2 aromatic rings. The largest absolute Gasteiger partial charge is 0.469 e. The van der Waals surface area contributed by atoms with Gasteiger partial charge in [-0.15, -0.1) is 0 Å². The number of furan rings is 1. The zero-order valence-electron chi connectivity index (χ0n) is 9.97. The van der Waals surface area contributed by atoms with Gasteiger partial charge in [0.25, 0.3) is 0 Å². The van der Waals surface area contributed by atoms with Crippen LogP contribution in [0.25, 0.3) is 0 Å². The molecular weight excluding hydrogens is 294 g/mol. The van der Waals surface area contributed by atoms with Crippen molar-refractivity contribution in [3.8, 4) is 0 Å². The fourth-order valence-corrected chi connectivity index (χ4v) is 2.03. The highest BCUT2D eigenvalue weighted by Gasteiger charge is 2.09. The van der Waals surface area contributed by atoms with Gasteiger partial charge in [0.15, 0.2) is 0 Å². The van der Waals surface area contributed by atoms with E-state index >= 15 is 0 Å². The SMILES string of the molecule is NNC(CCc1ccco1)Cc1ccc(Br)cn1. The minimum absolute atomic E-state index is 0.198. The molecule has 3 N–H and O–H groups in total. The standard InChI is InChI=1S/C13H16BrN3O/c14-10-3-4-11(16-9-10)8-12(17-15)5-6-13-2-1-7-18-13/h1-4,7,9,12,17H,5-6,8,15H2. The lowest BCUT2D eigenvalue weighted by Crippen LogP contribution is -2.37. The lowest BCUT2D eigenvalue weighted by molar-refractivity contribution is 0.445. The van der Waals surface area contributed by atoms with Crippen LogP contribution in [-0.2, 0) is 12.8 Å². The molecular formula is C13H16BrN3O. The molecule has 0 saturated heterocycles. The predicted molar refractivity (Wildman–Crippen MR) is 73.8 cm³/mol. The third-order valence-corrected chi connectivity index (χ3v) is 3.27. The molecule has 0 aliphatic heterocycles. The molecule has 0 aromatic carbocycles. The van der Waals surface area contributed by atoms with Crippen LogP contribution < -0.4 is 11.3 Å². The first-order chi connectivity index (χ1) is 8.78. The average molecular weight is 310 g/mol. The second-order valence-corrected chi connectivity index (χ2v) is 5.07. The first-order valence-corrected chi connectivity index (χ1v) is 6.66. The van der Waals surface area contributed by atoms with Crippen molar-refractivity contribution >= 4 is 15.9 Å². The zero-order chi connectivity index (χ0) is 12.8. The van der Waals surface area contributed by atoms with Crippen molar-refractivity contribution in [1.29, 1.82) is 0 Å². The van der Waals surface area contributed by atoms with Crippen LogP contribution in [0.4, 0.5) is 0 Å². The topological polar surface area (TPSA) is 64.1 Å². The monoisotopic (exact) mass is 309 g/mol. The number of hydrogen-bond donors (Lipinski definition) is 2. The molecule has 4 nitrogen and oxygen atoms in total. The normalized spacial score (nSPS) is 12.6. The summed E-state index contributed by atoms with van der Waals surface area (Å²) in [5.74, 6) is 6.56. The van der Waals surface area contributed by atoms with Crippen LogP contribution in [0.15, 0.2) is 45.6 Å². The van der Waals surface area contributed by atoms with Crippen molar-refractivity contribution < 1.29 is 4.42 Å². The minimum atomic E-state index is 0.198. The third-order valence-electron chi connectivity index (χ3n) is 2.80. The van der Waals surface area contributed by atoms with Gasteiger partial charge in [-0.05, 0) is 46.6 Å². The van der Waals surface area contributed by atoms with Crippen LogP contribution in [0, 0.1) is 0 Å². The van der Waals surface area contributed by atoms with Crippen molar-refractivity contribution in [2.75, 3.05) is 0 Å². The van der Waals surface area contributed by atoms with Crippen LogP contribution in [0.2, 0.25) is 0 Å². The number of rotatable bonds is 6. The molecule has 96 valence electrons. The highest BCUT2D eigenvalue weighted by Crippen LogP contribution is 2.11. The van der Waals surface area contributed by atoms with Gasteiger partial charge in [0.1, 0.15) is 5.76 Å². The second-order valence-electron chi connectivity index (χ2n) is 4.15. The van der Waals surface area contributed by atoms with E-state index in [2.05, 4.69) is 26.3 Å². The molecule has 0 bridgehead atoms. The molecule has 0 saturated carbocycles. The fraction of sp³-hybridized carbons (Fsp3) is 0.308. The van der Waals surface area contributed by atoms with Gasteiger partial charge >= 0.3 is 0 Å². The Morgan fingerprint density at radius 3 is 2.89 bits per heavy atom. The molecule has 0 fully saturated rings. The summed E-state index contributed by atoms with van der Waals surface area (Å²) in [5.41, 5.74) is 3.86. The Balaban J connectivity index is 1.87. The summed E-state index contributed by atoms with van der Waals surface area (Å²) in [5, 5.41) is 0. The first-order valence-electron chi connectivity index (χ1n) is 5.87. The number of aromatic nitrogens is 1. The summed E-state index contributed by atoms with van der Waals surface area (Å²) in [4.78, 5) is 4.35. The number of nitrogens with two attached hydrogens (primary N) is 1. The van der Waals surface area contributed by atoms with Crippen LogP contribution in [0.3, 0.4) is 0 Å². The average Bonchev–Trinajstić information content (AvgIpc) is 2.90. The predicted octanol–water partition coefficient (Wildman–Crippen LogP) is 2.44. The molecule has 0 aliphatic carbocycles. The molecule has 18 heavy (non-hydrogen) atoms. The van der Waals surface area contributed by atoms with Crippen LogP contribution in [0.5, 0.6) is 0 Å². The van der Waals surface area contributed by atoms with Crippen molar-refractivity contribution in [3.63, 3.8) is 0 Å². The molecule has 1 unspecified atom stereocenters. The summed E-state index contributed by atoms with van der Waals surface area (Å²) < 4.78 is 6.29. The minimum Gasteiger partial charge on any atom is -0.469 e. The van der Waals surface area contributed by atoms with Crippen molar-refractivity contribution in [3.05, 3.63) is 52.7 Å². The second kappa shape index (κ2) is 6.68. The maximum absolute atomic E-state index is 5.57. The number of hydrazine groups is 1. The number of halogens is 1. The van der Waals surface area contributed by atoms with E-state index in [-0.39, 0.29) is 6.04 Å². The summed E-state index contributed by atoms with van der Waals surface area (Å²) in [6.45, 7) is 0. The Kier molecular flexibility index (Phi) is 4.92. The van der Waals surface area contributed by atoms with E-state index in [4.69, 9.17) is 10.3 Å². The van der Waals surface area contributed by atoms with Crippen LogP contribution >= 0.6 is 15.9 Å². The van der Waals surface area contributed by atoms with Crippen LogP contribution in [-0.4, -0.2) is 11.0 Å². The molecule has 2 heterocycles. The molecule has 0 spiro atoms. The van der Waals surface area contributed by atoms with Gasteiger partial charge in [0.05, 0.1) is 6.26 Å². The fourth-order valence-electron chi connectivity index (χ4n) is 1.80. The summed E-state index contributed by atoms with van der Waals surface area (Å²) in [7, 11) is 0. The highest BCUT2D eigenvalue weighted by molar-refractivity contribution is 9.10. The Labute approximate surface area is 115 Å². The van der Waals surface area contributed by atoms with E-state index in [0.717, 1.165) is 35.2 Å². The quantitative estimate of drug-likeness (QED) is 0.635. The Bertz CT molecular complexity index is 456. The third kappa shape index (κ3) is 3.94. The Morgan fingerprint density at radius 2 is 2.28 bits per heavy atom. The molecule has 2 aromatic heterocycles. The highest BCUT2D eigenvalue weighted by atomic mass is 79.9. The van der Waals surface area contributed by atoms with Crippen molar-refractivity contribution in [1.82, 2.24) is 10.4 Å². The number of pyridine rings is 1. The van der Waals surface area contributed by atoms with E-state index in [1.54, 1.807) is 12.5 Å². The number of nitrogens with zero attached hydrogens (tertiary/aromatic N) is 1. The molecule has 0 radical (unpaired) electrons. The van der Waals surface area contributed by atoms with Gasteiger partial charge in [0, 0.05) is 35.2 Å². The van der Waals surface area contributed by atoms with Gasteiger partial charge in [-0.1, -0.05) is 0 Å². The van der Waals surface area contributed by atoms with Gasteiger partial charge in [-0.3, -0.25) is 16.3 Å². The van der Waals surface area contributed by atoms with Crippen molar-refractivity contribution in [2.24, 2.45) is 5.84 Å². The molecule has 0 aliphatic rings. The maximum atomic E-state index is 5.57. The van der Waals surface area contributed by atoms with Gasteiger partial charge in [-0.25, -0.2) is 0 Å². The number of hydrogen-bond acceptors (Lipinski definition) is 4. The van der Waals surface area contributed by atoms with Gasteiger partial charge < -0.3 is 4.42 Å². The van der Waals surface area contributed by atoms with E-state index in [0.29, 0.717) is 0 Å².